The Morgan fingerprint density at radius 1 is 1.16 bits per heavy atom. The van der Waals surface area contributed by atoms with E-state index in [2.05, 4.69) is 58.1 Å². The van der Waals surface area contributed by atoms with Crippen molar-refractivity contribution in [1.29, 1.82) is 0 Å². The normalized spacial score (nSPS) is 13.6. The molecule has 1 rings (SSSR count). The van der Waals surface area contributed by atoms with E-state index in [1.54, 1.807) is 0 Å². The summed E-state index contributed by atoms with van der Waals surface area (Å²) >= 11 is 0. The lowest BCUT2D eigenvalue weighted by Gasteiger charge is -2.40. The number of nitrogens with one attached hydrogen (secondary N) is 1. The molecule has 0 radical (unpaired) electrons. The van der Waals surface area contributed by atoms with Gasteiger partial charge in [-0.15, -0.1) is 0 Å². The first-order valence-corrected chi connectivity index (χ1v) is 7.40. The number of methoxy groups -OCH3 is 1. The molecule has 2 nitrogen and oxygen atoms in total. The fourth-order valence-corrected chi connectivity index (χ4v) is 3.00. The first-order chi connectivity index (χ1) is 9.04. The average molecular weight is 263 g/mol. The van der Waals surface area contributed by atoms with Crippen LogP contribution < -0.4 is 5.32 Å². The number of hydrogen-bond acceptors (Lipinski definition) is 2. The van der Waals surface area contributed by atoms with Crippen molar-refractivity contribution in [1.82, 2.24) is 5.32 Å². The summed E-state index contributed by atoms with van der Waals surface area (Å²) in [4.78, 5) is 0. The van der Waals surface area contributed by atoms with Gasteiger partial charge >= 0.3 is 0 Å². The summed E-state index contributed by atoms with van der Waals surface area (Å²) in [6, 6.07) is 6.94. The van der Waals surface area contributed by atoms with Crippen LogP contribution in [0.15, 0.2) is 18.2 Å². The van der Waals surface area contributed by atoms with Gasteiger partial charge in [-0.3, -0.25) is 0 Å². The lowest BCUT2D eigenvalue weighted by Crippen LogP contribution is -2.45. The molecule has 1 aromatic carbocycles. The summed E-state index contributed by atoms with van der Waals surface area (Å²) in [5.41, 5.74) is 3.88. The van der Waals surface area contributed by atoms with Gasteiger partial charge in [0.1, 0.15) is 0 Å². The molecule has 0 heterocycles. The van der Waals surface area contributed by atoms with Gasteiger partial charge in [-0.1, -0.05) is 44.5 Å². The van der Waals surface area contributed by atoms with E-state index in [1.165, 1.54) is 16.7 Å². The lowest BCUT2D eigenvalue weighted by molar-refractivity contribution is -0.0483. The molecule has 1 unspecified atom stereocenters. The van der Waals surface area contributed by atoms with E-state index in [1.807, 2.05) is 7.11 Å². The molecule has 0 aliphatic carbocycles. The van der Waals surface area contributed by atoms with Gasteiger partial charge in [-0.05, 0) is 44.4 Å². The SMILES string of the molecule is CCNC(c1ccc(C)cc1C)C(CC)(CC)OC. The number of benzene rings is 1. The quantitative estimate of drug-likeness (QED) is 0.797. The average Bonchev–Trinajstić information content (AvgIpc) is 2.40. The zero-order valence-electron chi connectivity index (χ0n) is 13.3. The van der Waals surface area contributed by atoms with E-state index >= 15 is 0 Å². The standard InChI is InChI=1S/C17H29NO/c1-7-17(8-2,19-6)16(18-9-3)15-11-10-13(4)12-14(15)5/h10-12,16,18H,7-9H2,1-6H3. The van der Waals surface area contributed by atoms with E-state index < -0.39 is 0 Å². The van der Waals surface area contributed by atoms with Crippen molar-refractivity contribution >= 4 is 0 Å². The van der Waals surface area contributed by atoms with Crippen molar-refractivity contribution in [3.05, 3.63) is 34.9 Å². The molecule has 19 heavy (non-hydrogen) atoms. The molecule has 0 amide bonds. The Balaban J connectivity index is 3.25. The van der Waals surface area contributed by atoms with Crippen molar-refractivity contribution in [3.8, 4) is 0 Å². The highest BCUT2D eigenvalue weighted by molar-refractivity contribution is 5.34. The molecule has 2 heteroatoms. The van der Waals surface area contributed by atoms with Gasteiger partial charge in [0.15, 0.2) is 0 Å². The van der Waals surface area contributed by atoms with Crippen LogP contribution >= 0.6 is 0 Å². The molecule has 0 aliphatic heterocycles. The molecule has 0 saturated heterocycles. The Hall–Kier alpha value is -0.860. The second-order valence-corrected chi connectivity index (χ2v) is 5.33. The molecule has 0 saturated carbocycles. The molecule has 0 bridgehead atoms. The highest BCUT2D eigenvalue weighted by atomic mass is 16.5. The first kappa shape index (κ1) is 16.2. The van der Waals surface area contributed by atoms with Crippen molar-refractivity contribution in [2.75, 3.05) is 13.7 Å². The van der Waals surface area contributed by atoms with E-state index in [-0.39, 0.29) is 11.6 Å². The molecular formula is C17H29NO. The van der Waals surface area contributed by atoms with Gasteiger partial charge in [0.2, 0.25) is 0 Å². The second-order valence-electron chi connectivity index (χ2n) is 5.33. The molecule has 0 spiro atoms. The zero-order chi connectivity index (χ0) is 14.5. The zero-order valence-corrected chi connectivity index (χ0v) is 13.3. The van der Waals surface area contributed by atoms with Gasteiger partial charge in [0.25, 0.3) is 0 Å². The van der Waals surface area contributed by atoms with Crippen LogP contribution in [0.3, 0.4) is 0 Å². The van der Waals surface area contributed by atoms with Crippen LogP contribution in [0.4, 0.5) is 0 Å². The van der Waals surface area contributed by atoms with Crippen LogP contribution in [0.5, 0.6) is 0 Å². The van der Waals surface area contributed by atoms with Crippen molar-refractivity contribution in [2.24, 2.45) is 0 Å². The Kier molecular flexibility index (Phi) is 6.02. The summed E-state index contributed by atoms with van der Waals surface area (Å²) in [7, 11) is 1.83. The van der Waals surface area contributed by atoms with Gasteiger partial charge in [-0.25, -0.2) is 0 Å². The summed E-state index contributed by atoms with van der Waals surface area (Å²) in [5.74, 6) is 0. The summed E-state index contributed by atoms with van der Waals surface area (Å²) in [6.07, 6.45) is 2.01. The predicted octanol–water partition coefficient (Wildman–Crippen LogP) is 4.16. The lowest BCUT2D eigenvalue weighted by atomic mass is 9.82. The number of hydrogen-bond donors (Lipinski definition) is 1. The van der Waals surface area contributed by atoms with Gasteiger partial charge < -0.3 is 10.1 Å². The molecule has 0 aliphatic rings. The summed E-state index contributed by atoms with van der Waals surface area (Å²) < 4.78 is 5.93. The van der Waals surface area contributed by atoms with Gasteiger partial charge in [-0.2, -0.15) is 0 Å². The number of likely N-dealkylation sites (N-methyl/N-ethyl adjacent to an activating group) is 1. The number of rotatable bonds is 7. The minimum Gasteiger partial charge on any atom is -0.376 e. The third kappa shape index (κ3) is 3.37. The molecule has 108 valence electrons. The Bertz CT molecular complexity index is 388. The highest BCUT2D eigenvalue weighted by Gasteiger charge is 2.36. The molecule has 0 fully saturated rings. The maximum absolute atomic E-state index is 5.93. The van der Waals surface area contributed by atoms with Crippen LogP contribution in [0.25, 0.3) is 0 Å². The largest absolute Gasteiger partial charge is 0.376 e. The summed E-state index contributed by atoms with van der Waals surface area (Å²) in [5, 5.41) is 3.63. The second kappa shape index (κ2) is 7.06. The number of ether oxygens (including phenoxy) is 1. The minimum absolute atomic E-state index is 0.129. The maximum Gasteiger partial charge on any atom is 0.0867 e. The maximum atomic E-state index is 5.93. The highest BCUT2D eigenvalue weighted by Crippen LogP contribution is 2.36. The topological polar surface area (TPSA) is 21.3 Å². The molecule has 1 atom stereocenters. The molecule has 1 aromatic rings. The molecule has 0 aromatic heterocycles. The van der Waals surface area contributed by atoms with E-state index in [0.29, 0.717) is 0 Å². The molecule has 1 N–H and O–H groups in total. The fourth-order valence-electron chi connectivity index (χ4n) is 3.00. The van der Waals surface area contributed by atoms with Crippen LogP contribution in [-0.2, 0) is 4.74 Å². The Morgan fingerprint density at radius 3 is 2.21 bits per heavy atom. The Morgan fingerprint density at radius 2 is 1.79 bits per heavy atom. The van der Waals surface area contributed by atoms with Crippen molar-refractivity contribution in [3.63, 3.8) is 0 Å². The van der Waals surface area contributed by atoms with Crippen molar-refractivity contribution in [2.45, 2.75) is 59.1 Å². The summed E-state index contributed by atoms with van der Waals surface area (Å²) in [6.45, 7) is 11.9. The minimum atomic E-state index is -0.129. The predicted molar refractivity (Wildman–Crippen MR) is 82.7 cm³/mol. The smallest absolute Gasteiger partial charge is 0.0867 e. The van der Waals surface area contributed by atoms with Crippen LogP contribution in [0.1, 0.15) is 56.3 Å². The third-order valence-corrected chi connectivity index (χ3v) is 4.27. The van der Waals surface area contributed by atoms with E-state index in [9.17, 15) is 0 Å². The van der Waals surface area contributed by atoms with E-state index in [4.69, 9.17) is 4.74 Å². The van der Waals surface area contributed by atoms with Gasteiger partial charge in [0, 0.05) is 7.11 Å². The van der Waals surface area contributed by atoms with Crippen molar-refractivity contribution < 1.29 is 4.74 Å². The fraction of sp³-hybridized carbons (Fsp3) is 0.647. The first-order valence-electron chi connectivity index (χ1n) is 7.40. The van der Waals surface area contributed by atoms with Crippen LogP contribution in [0, 0.1) is 13.8 Å². The van der Waals surface area contributed by atoms with E-state index in [0.717, 1.165) is 19.4 Å². The monoisotopic (exact) mass is 263 g/mol. The third-order valence-electron chi connectivity index (χ3n) is 4.27. The number of aryl methyl sites for hydroxylation is 2. The molecular weight excluding hydrogens is 234 g/mol. The van der Waals surface area contributed by atoms with Crippen LogP contribution in [0.2, 0.25) is 0 Å². The Labute approximate surface area is 118 Å². The van der Waals surface area contributed by atoms with Gasteiger partial charge in [0.05, 0.1) is 11.6 Å². The van der Waals surface area contributed by atoms with Crippen LogP contribution in [-0.4, -0.2) is 19.3 Å².